The molecule has 0 unspecified atom stereocenters. The highest BCUT2D eigenvalue weighted by Gasteiger charge is 2.30. The first-order valence-electron chi connectivity index (χ1n) is 9.15. The summed E-state index contributed by atoms with van der Waals surface area (Å²) < 4.78 is 21.2. The molecular formula is C19H24N2O7. The monoisotopic (exact) mass is 392 g/mol. The first-order valence-corrected chi connectivity index (χ1v) is 9.15. The summed E-state index contributed by atoms with van der Waals surface area (Å²) in [6, 6.07) is 4.73. The van der Waals surface area contributed by atoms with Crippen molar-refractivity contribution in [1.29, 1.82) is 0 Å². The van der Waals surface area contributed by atoms with Gasteiger partial charge in [0.1, 0.15) is 6.54 Å². The second-order valence-electron chi connectivity index (χ2n) is 6.88. The third kappa shape index (κ3) is 4.72. The standard InChI is InChI=1S/C19H24N2O7/c1-11-8-21(9-12(2)27-11)19(24)13(3)28-17(22)7-20-18(23)14-4-5-15-16(6-14)26-10-25-15/h4-6,11-13H,7-10H2,1-3H3,(H,20,23)/t11-,12-,13-/m1/s1. The zero-order valence-electron chi connectivity index (χ0n) is 16.1. The Kier molecular flexibility index (Phi) is 6.03. The summed E-state index contributed by atoms with van der Waals surface area (Å²) in [5.74, 6) is -0.384. The second-order valence-corrected chi connectivity index (χ2v) is 6.88. The minimum absolute atomic E-state index is 0.0726. The van der Waals surface area contributed by atoms with Crippen molar-refractivity contribution in [2.45, 2.75) is 39.1 Å². The van der Waals surface area contributed by atoms with Crippen LogP contribution in [0.2, 0.25) is 0 Å². The van der Waals surface area contributed by atoms with Crippen molar-refractivity contribution in [2.75, 3.05) is 26.4 Å². The van der Waals surface area contributed by atoms with Crippen LogP contribution < -0.4 is 14.8 Å². The third-order valence-electron chi connectivity index (χ3n) is 4.42. The summed E-state index contributed by atoms with van der Waals surface area (Å²) in [7, 11) is 0. The van der Waals surface area contributed by atoms with Gasteiger partial charge in [-0.2, -0.15) is 0 Å². The molecule has 3 rings (SSSR count). The van der Waals surface area contributed by atoms with Crippen LogP contribution in [0.15, 0.2) is 18.2 Å². The Morgan fingerprint density at radius 2 is 1.86 bits per heavy atom. The molecule has 1 N–H and O–H groups in total. The van der Waals surface area contributed by atoms with Gasteiger partial charge in [0, 0.05) is 18.7 Å². The molecule has 2 heterocycles. The number of ether oxygens (including phenoxy) is 4. The number of rotatable bonds is 5. The summed E-state index contributed by atoms with van der Waals surface area (Å²) >= 11 is 0. The van der Waals surface area contributed by atoms with E-state index in [1.807, 2.05) is 13.8 Å². The van der Waals surface area contributed by atoms with E-state index in [2.05, 4.69) is 5.32 Å². The fourth-order valence-electron chi connectivity index (χ4n) is 3.20. The summed E-state index contributed by atoms with van der Waals surface area (Å²) in [6.07, 6.45) is -1.08. The lowest BCUT2D eigenvalue weighted by Gasteiger charge is -2.36. The van der Waals surface area contributed by atoms with E-state index >= 15 is 0 Å². The molecular weight excluding hydrogens is 368 g/mol. The van der Waals surface area contributed by atoms with E-state index in [9.17, 15) is 14.4 Å². The lowest BCUT2D eigenvalue weighted by Crippen LogP contribution is -2.51. The van der Waals surface area contributed by atoms with Crippen LogP contribution in [0.4, 0.5) is 0 Å². The van der Waals surface area contributed by atoms with E-state index < -0.39 is 18.0 Å². The van der Waals surface area contributed by atoms with Crippen molar-refractivity contribution in [3.63, 3.8) is 0 Å². The van der Waals surface area contributed by atoms with Gasteiger partial charge in [-0.05, 0) is 39.0 Å². The SMILES string of the molecule is C[C@@H]1CN(C(=O)[C@@H](C)OC(=O)CNC(=O)c2ccc3c(c2)OCO3)C[C@@H](C)O1. The maximum absolute atomic E-state index is 12.5. The highest BCUT2D eigenvalue weighted by molar-refractivity contribution is 5.96. The van der Waals surface area contributed by atoms with Crippen molar-refractivity contribution in [1.82, 2.24) is 10.2 Å². The number of fused-ring (bicyclic) bond motifs is 1. The van der Waals surface area contributed by atoms with Gasteiger partial charge in [-0.15, -0.1) is 0 Å². The van der Waals surface area contributed by atoms with Crippen LogP contribution in [-0.2, 0) is 19.1 Å². The quantitative estimate of drug-likeness (QED) is 0.736. The molecule has 3 atom stereocenters. The van der Waals surface area contributed by atoms with Crippen molar-refractivity contribution >= 4 is 17.8 Å². The van der Waals surface area contributed by atoms with Gasteiger partial charge < -0.3 is 29.2 Å². The number of carbonyl (C=O) groups is 3. The topological polar surface area (TPSA) is 103 Å². The first kappa shape index (κ1) is 19.9. The summed E-state index contributed by atoms with van der Waals surface area (Å²) in [4.78, 5) is 38.3. The third-order valence-corrected chi connectivity index (χ3v) is 4.42. The van der Waals surface area contributed by atoms with Crippen LogP contribution in [0.25, 0.3) is 0 Å². The molecule has 2 aliphatic rings. The van der Waals surface area contributed by atoms with Crippen LogP contribution in [0, 0.1) is 0 Å². The predicted octanol–water partition coefficient (Wildman–Crippen LogP) is 0.713. The fourth-order valence-corrected chi connectivity index (χ4v) is 3.20. The lowest BCUT2D eigenvalue weighted by atomic mass is 10.2. The van der Waals surface area contributed by atoms with Gasteiger partial charge >= 0.3 is 5.97 Å². The Morgan fingerprint density at radius 1 is 1.18 bits per heavy atom. The van der Waals surface area contributed by atoms with Crippen LogP contribution >= 0.6 is 0 Å². The highest BCUT2D eigenvalue weighted by atomic mass is 16.7. The van der Waals surface area contributed by atoms with Crippen molar-refractivity contribution in [3.8, 4) is 11.5 Å². The van der Waals surface area contributed by atoms with Gasteiger partial charge in [0.2, 0.25) is 6.79 Å². The molecule has 1 fully saturated rings. The molecule has 152 valence electrons. The largest absolute Gasteiger partial charge is 0.454 e. The molecule has 0 bridgehead atoms. The van der Waals surface area contributed by atoms with Gasteiger partial charge in [0.15, 0.2) is 17.6 Å². The Balaban J connectivity index is 1.47. The van der Waals surface area contributed by atoms with Crippen LogP contribution in [0.5, 0.6) is 11.5 Å². The number of carbonyl (C=O) groups excluding carboxylic acids is 3. The van der Waals surface area contributed by atoms with E-state index in [4.69, 9.17) is 18.9 Å². The number of amides is 2. The number of benzene rings is 1. The summed E-state index contributed by atoms with van der Waals surface area (Å²) in [5.41, 5.74) is 0.331. The number of nitrogens with zero attached hydrogens (tertiary/aromatic N) is 1. The molecule has 1 aromatic carbocycles. The van der Waals surface area contributed by atoms with E-state index in [1.54, 1.807) is 17.0 Å². The zero-order chi connectivity index (χ0) is 20.3. The van der Waals surface area contributed by atoms with Gasteiger partial charge in [-0.1, -0.05) is 0 Å². The van der Waals surface area contributed by atoms with Crippen LogP contribution in [-0.4, -0.2) is 67.4 Å². The number of morpholine rings is 1. The van der Waals surface area contributed by atoms with E-state index in [0.717, 1.165) is 0 Å². The molecule has 0 aliphatic carbocycles. The summed E-state index contributed by atoms with van der Waals surface area (Å²) in [6.45, 7) is 5.96. The zero-order valence-corrected chi connectivity index (χ0v) is 16.1. The van der Waals surface area contributed by atoms with Gasteiger partial charge in [-0.3, -0.25) is 14.4 Å². The highest BCUT2D eigenvalue weighted by Crippen LogP contribution is 2.32. The van der Waals surface area contributed by atoms with Gasteiger partial charge in [0.25, 0.3) is 11.8 Å². The molecule has 1 saturated heterocycles. The summed E-state index contributed by atoms with van der Waals surface area (Å²) in [5, 5.41) is 2.47. The average molecular weight is 392 g/mol. The average Bonchev–Trinajstić information content (AvgIpc) is 3.12. The normalized spacial score (nSPS) is 21.8. The minimum Gasteiger partial charge on any atom is -0.454 e. The number of hydrogen-bond donors (Lipinski definition) is 1. The maximum Gasteiger partial charge on any atom is 0.326 e. The molecule has 0 spiro atoms. The van der Waals surface area contributed by atoms with Gasteiger partial charge in [-0.25, -0.2) is 0 Å². The van der Waals surface area contributed by atoms with E-state index in [0.29, 0.717) is 30.2 Å². The first-order chi connectivity index (χ1) is 13.3. The van der Waals surface area contributed by atoms with Crippen molar-refractivity contribution in [2.24, 2.45) is 0 Å². The lowest BCUT2D eigenvalue weighted by molar-refractivity contribution is -0.163. The van der Waals surface area contributed by atoms with E-state index in [-0.39, 0.29) is 31.5 Å². The molecule has 0 aromatic heterocycles. The smallest absolute Gasteiger partial charge is 0.326 e. The Bertz CT molecular complexity index is 757. The van der Waals surface area contributed by atoms with Crippen molar-refractivity contribution in [3.05, 3.63) is 23.8 Å². The number of esters is 1. The maximum atomic E-state index is 12.5. The predicted molar refractivity (Wildman–Crippen MR) is 97.0 cm³/mol. The molecule has 28 heavy (non-hydrogen) atoms. The van der Waals surface area contributed by atoms with Crippen LogP contribution in [0.3, 0.4) is 0 Å². The molecule has 9 nitrogen and oxygen atoms in total. The number of nitrogens with one attached hydrogen (secondary N) is 1. The Labute approximate surface area is 162 Å². The minimum atomic E-state index is -0.938. The molecule has 9 heteroatoms. The number of hydrogen-bond acceptors (Lipinski definition) is 7. The Morgan fingerprint density at radius 3 is 2.57 bits per heavy atom. The Hall–Kier alpha value is -2.81. The molecule has 0 radical (unpaired) electrons. The second kappa shape index (κ2) is 8.47. The van der Waals surface area contributed by atoms with Crippen molar-refractivity contribution < 1.29 is 33.3 Å². The molecule has 2 aliphatic heterocycles. The fraction of sp³-hybridized carbons (Fsp3) is 0.526. The van der Waals surface area contributed by atoms with Gasteiger partial charge in [0.05, 0.1) is 12.2 Å². The molecule has 0 saturated carbocycles. The van der Waals surface area contributed by atoms with Crippen LogP contribution in [0.1, 0.15) is 31.1 Å². The van der Waals surface area contributed by atoms with E-state index in [1.165, 1.54) is 13.0 Å². The molecule has 1 aromatic rings. The molecule has 2 amide bonds.